The zero-order chi connectivity index (χ0) is 14.0. The van der Waals surface area contributed by atoms with E-state index in [1.165, 1.54) is 24.8 Å². The lowest BCUT2D eigenvalue weighted by atomic mass is 9.72. The summed E-state index contributed by atoms with van der Waals surface area (Å²) in [7, 11) is 0. The first-order valence-corrected chi connectivity index (χ1v) is 7.63. The van der Waals surface area contributed by atoms with Gasteiger partial charge >= 0.3 is 0 Å². The molecule has 0 bridgehead atoms. The standard InChI is InChI=1S/C16H25ClN2/c1-10-4-5-13(8-11(10)2)16(19-18)14-6-7-15(17)12(3)9-14/h6-7,9-11,13,16,19H,4-5,8,18H2,1-3H3. The molecule has 0 heterocycles. The first-order valence-electron chi connectivity index (χ1n) is 7.25. The number of rotatable bonds is 3. The highest BCUT2D eigenvalue weighted by molar-refractivity contribution is 6.31. The smallest absolute Gasteiger partial charge is 0.0488 e. The van der Waals surface area contributed by atoms with Crippen molar-refractivity contribution in [2.24, 2.45) is 23.6 Å². The third-order valence-corrected chi connectivity index (χ3v) is 5.25. The van der Waals surface area contributed by atoms with Crippen molar-refractivity contribution in [3.8, 4) is 0 Å². The molecule has 1 aromatic rings. The molecule has 1 aliphatic rings. The van der Waals surface area contributed by atoms with Gasteiger partial charge in [0, 0.05) is 11.1 Å². The van der Waals surface area contributed by atoms with Crippen molar-refractivity contribution in [3.05, 3.63) is 34.3 Å². The number of nitrogens with one attached hydrogen (secondary N) is 1. The van der Waals surface area contributed by atoms with Crippen LogP contribution in [0.5, 0.6) is 0 Å². The molecule has 4 atom stereocenters. The van der Waals surface area contributed by atoms with E-state index in [1.54, 1.807) is 0 Å². The molecule has 0 aliphatic heterocycles. The van der Waals surface area contributed by atoms with Gasteiger partial charge in [-0.15, -0.1) is 0 Å². The van der Waals surface area contributed by atoms with Crippen LogP contribution in [0.2, 0.25) is 5.02 Å². The Bertz CT molecular complexity index is 433. The van der Waals surface area contributed by atoms with E-state index in [0.717, 1.165) is 22.4 Å². The minimum Gasteiger partial charge on any atom is -0.271 e. The Morgan fingerprint density at radius 2 is 2.00 bits per heavy atom. The van der Waals surface area contributed by atoms with E-state index in [0.29, 0.717) is 5.92 Å². The van der Waals surface area contributed by atoms with Crippen LogP contribution in [-0.2, 0) is 0 Å². The Hall–Kier alpha value is -0.570. The molecular formula is C16H25ClN2. The summed E-state index contributed by atoms with van der Waals surface area (Å²) in [6.07, 6.45) is 3.80. The summed E-state index contributed by atoms with van der Waals surface area (Å²) in [6.45, 7) is 6.76. The molecule has 4 unspecified atom stereocenters. The summed E-state index contributed by atoms with van der Waals surface area (Å²) in [6, 6.07) is 6.48. The summed E-state index contributed by atoms with van der Waals surface area (Å²) < 4.78 is 0. The second-order valence-electron chi connectivity index (χ2n) is 6.18. The maximum absolute atomic E-state index is 6.10. The molecule has 0 amide bonds. The molecule has 3 N–H and O–H groups in total. The molecule has 1 saturated carbocycles. The van der Waals surface area contributed by atoms with Gasteiger partial charge in [-0.3, -0.25) is 11.3 Å². The van der Waals surface area contributed by atoms with Gasteiger partial charge in [0.1, 0.15) is 0 Å². The van der Waals surface area contributed by atoms with Crippen LogP contribution in [0.4, 0.5) is 0 Å². The molecule has 106 valence electrons. The van der Waals surface area contributed by atoms with Crippen molar-refractivity contribution in [3.63, 3.8) is 0 Å². The fourth-order valence-electron chi connectivity index (χ4n) is 3.26. The van der Waals surface area contributed by atoms with Crippen LogP contribution in [0.3, 0.4) is 0 Å². The second-order valence-corrected chi connectivity index (χ2v) is 6.59. The Morgan fingerprint density at radius 3 is 2.58 bits per heavy atom. The van der Waals surface area contributed by atoms with Crippen LogP contribution in [0.15, 0.2) is 18.2 Å². The highest BCUT2D eigenvalue weighted by atomic mass is 35.5. The van der Waals surface area contributed by atoms with Crippen LogP contribution < -0.4 is 11.3 Å². The molecule has 1 fully saturated rings. The SMILES string of the molecule is Cc1cc(C(NN)C2CCC(C)C(C)C2)ccc1Cl. The van der Waals surface area contributed by atoms with Gasteiger partial charge < -0.3 is 0 Å². The first kappa shape index (κ1) is 14.8. The van der Waals surface area contributed by atoms with Gasteiger partial charge in [-0.25, -0.2) is 0 Å². The average Bonchev–Trinajstić information content (AvgIpc) is 2.39. The molecule has 19 heavy (non-hydrogen) atoms. The van der Waals surface area contributed by atoms with Gasteiger partial charge in [-0.1, -0.05) is 44.0 Å². The monoisotopic (exact) mass is 280 g/mol. The molecule has 0 aromatic heterocycles. The third kappa shape index (κ3) is 3.31. The van der Waals surface area contributed by atoms with Crippen LogP contribution >= 0.6 is 11.6 Å². The van der Waals surface area contributed by atoms with E-state index in [-0.39, 0.29) is 6.04 Å². The van der Waals surface area contributed by atoms with Gasteiger partial charge in [0.2, 0.25) is 0 Å². The Balaban J connectivity index is 2.17. The number of benzene rings is 1. The Labute approximate surface area is 121 Å². The molecule has 1 aromatic carbocycles. The predicted molar refractivity (Wildman–Crippen MR) is 81.9 cm³/mol. The Kier molecular flexibility index (Phi) is 4.88. The molecule has 2 rings (SSSR count). The number of nitrogens with two attached hydrogens (primary N) is 1. The Morgan fingerprint density at radius 1 is 1.26 bits per heavy atom. The van der Waals surface area contributed by atoms with Crippen molar-refractivity contribution in [1.82, 2.24) is 5.43 Å². The lowest BCUT2D eigenvalue weighted by molar-refractivity contribution is 0.171. The zero-order valence-corrected chi connectivity index (χ0v) is 12.9. The maximum Gasteiger partial charge on any atom is 0.0488 e. The van der Waals surface area contributed by atoms with Crippen LogP contribution in [0, 0.1) is 24.7 Å². The summed E-state index contributed by atoms with van der Waals surface area (Å²) in [4.78, 5) is 0. The number of aryl methyl sites for hydroxylation is 1. The van der Waals surface area contributed by atoms with Gasteiger partial charge in [-0.2, -0.15) is 0 Å². The number of hydrogen-bond donors (Lipinski definition) is 2. The fourth-order valence-corrected chi connectivity index (χ4v) is 3.38. The van der Waals surface area contributed by atoms with E-state index in [1.807, 2.05) is 13.0 Å². The molecule has 3 heteroatoms. The highest BCUT2D eigenvalue weighted by Crippen LogP contribution is 2.40. The van der Waals surface area contributed by atoms with Gasteiger partial charge in [0.25, 0.3) is 0 Å². The van der Waals surface area contributed by atoms with Gasteiger partial charge in [0.15, 0.2) is 0 Å². The molecule has 1 aliphatic carbocycles. The van der Waals surface area contributed by atoms with E-state index in [2.05, 4.69) is 31.4 Å². The van der Waals surface area contributed by atoms with Crippen LogP contribution in [0.25, 0.3) is 0 Å². The first-order chi connectivity index (χ1) is 9.02. The van der Waals surface area contributed by atoms with E-state index >= 15 is 0 Å². The van der Waals surface area contributed by atoms with Crippen molar-refractivity contribution in [1.29, 1.82) is 0 Å². The summed E-state index contributed by atoms with van der Waals surface area (Å²) in [5.74, 6) is 8.06. The van der Waals surface area contributed by atoms with Gasteiger partial charge in [-0.05, 0) is 54.7 Å². The van der Waals surface area contributed by atoms with Crippen molar-refractivity contribution < 1.29 is 0 Å². The summed E-state index contributed by atoms with van der Waals surface area (Å²) in [5.41, 5.74) is 5.41. The topological polar surface area (TPSA) is 38.0 Å². The van der Waals surface area contributed by atoms with Crippen molar-refractivity contribution >= 4 is 11.6 Å². The lowest BCUT2D eigenvalue weighted by Gasteiger charge is -2.36. The van der Waals surface area contributed by atoms with Crippen LogP contribution in [-0.4, -0.2) is 0 Å². The van der Waals surface area contributed by atoms with E-state index in [9.17, 15) is 0 Å². The van der Waals surface area contributed by atoms with Crippen molar-refractivity contribution in [2.75, 3.05) is 0 Å². The molecular weight excluding hydrogens is 256 g/mol. The predicted octanol–water partition coefficient (Wildman–Crippen LogP) is 4.23. The summed E-state index contributed by atoms with van der Waals surface area (Å²) in [5, 5.41) is 0.824. The summed E-state index contributed by atoms with van der Waals surface area (Å²) >= 11 is 6.10. The van der Waals surface area contributed by atoms with E-state index < -0.39 is 0 Å². The minimum absolute atomic E-state index is 0.242. The molecule has 2 nitrogen and oxygen atoms in total. The quantitative estimate of drug-likeness (QED) is 0.642. The number of hydrazine groups is 1. The number of halogens is 1. The number of hydrogen-bond acceptors (Lipinski definition) is 2. The normalized spacial score (nSPS) is 29.2. The fraction of sp³-hybridized carbons (Fsp3) is 0.625. The largest absolute Gasteiger partial charge is 0.271 e. The lowest BCUT2D eigenvalue weighted by Crippen LogP contribution is -2.36. The third-order valence-electron chi connectivity index (χ3n) is 4.83. The second kappa shape index (κ2) is 6.25. The average molecular weight is 281 g/mol. The maximum atomic E-state index is 6.10. The molecule has 0 radical (unpaired) electrons. The van der Waals surface area contributed by atoms with E-state index in [4.69, 9.17) is 17.4 Å². The molecule has 0 spiro atoms. The van der Waals surface area contributed by atoms with Gasteiger partial charge in [0.05, 0.1) is 0 Å². The molecule has 0 saturated heterocycles. The minimum atomic E-state index is 0.242. The zero-order valence-electron chi connectivity index (χ0n) is 12.1. The highest BCUT2D eigenvalue weighted by Gasteiger charge is 2.30. The van der Waals surface area contributed by atoms with Crippen LogP contribution in [0.1, 0.15) is 50.3 Å². The van der Waals surface area contributed by atoms with Crippen molar-refractivity contribution in [2.45, 2.75) is 46.1 Å².